The number of hydrogen-bond donors (Lipinski definition) is 3. The van der Waals surface area contributed by atoms with Crippen LogP contribution in [0.1, 0.15) is 66.1 Å². The van der Waals surface area contributed by atoms with Gasteiger partial charge in [-0.2, -0.15) is 5.10 Å². The van der Waals surface area contributed by atoms with Gasteiger partial charge in [0.1, 0.15) is 11.4 Å². The number of amides is 2. The fourth-order valence-corrected chi connectivity index (χ4v) is 4.46. The SMILES string of the molecule is Cc1c(C(=O)O)ccc2c1CC[C@@H]2NC(=O)c1cc(C(=O)NCc2ccncc2)nc2ccnn12. The maximum absolute atomic E-state index is 13.3. The zero-order valence-corrected chi connectivity index (χ0v) is 18.9. The average Bonchev–Trinajstić information content (AvgIpc) is 3.50. The summed E-state index contributed by atoms with van der Waals surface area (Å²) in [4.78, 5) is 45.8. The van der Waals surface area contributed by atoms with Crippen molar-refractivity contribution < 1.29 is 19.5 Å². The number of carbonyl (C=O) groups is 3. The quantitative estimate of drug-likeness (QED) is 0.393. The van der Waals surface area contributed by atoms with E-state index in [0.29, 0.717) is 25.0 Å². The Morgan fingerprint density at radius 2 is 1.89 bits per heavy atom. The van der Waals surface area contributed by atoms with E-state index in [1.165, 1.54) is 16.8 Å². The summed E-state index contributed by atoms with van der Waals surface area (Å²) in [6.45, 7) is 2.09. The Balaban J connectivity index is 1.39. The van der Waals surface area contributed by atoms with Crippen LogP contribution < -0.4 is 10.6 Å². The van der Waals surface area contributed by atoms with Gasteiger partial charge in [-0.3, -0.25) is 14.6 Å². The second kappa shape index (κ2) is 8.98. The van der Waals surface area contributed by atoms with Gasteiger partial charge >= 0.3 is 5.97 Å². The molecule has 1 aliphatic rings. The average molecular weight is 470 g/mol. The molecule has 0 bridgehead atoms. The Labute approximate surface area is 200 Å². The Morgan fingerprint density at radius 1 is 1.09 bits per heavy atom. The van der Waals surface area contributed by atoms with E-state index in [2.05, 4.69) is 25.7 Å². The Hall–Kier alpha value is -4.60. The number of fused-ring (bicyclic) bond motifs is 2. The molecule has 4 aromatic rings. The van der Waals surface area contributed by atoms with Crippen LogP contribution in [-0.2, 0) is 13.0 Å². The third-order valence-electron chi connectivity index (χ3n) is 6.26. The summed E-state index contributed by atoms with van der Waals surface area (Å²) in [5, 5.41) is 19.4. The van der Waals surface area contributed by atoms with Crippen molar-refractivity contribution in [2.45, 2.75) is 32.4 Å². The smallest absolute Gasteiger partial charge is 0.335 e. The van der Waals surface area contributed by atoms with E-state index in [1.54, 1.807) is 49.6 Å². The van der Waals surface area contributed by atoms with E-state index in [-0.39, 0.29) is 23.0 Å². The van der Waals surface area contributed by atoms with Crippen molar-refractivity contribution in [2.75, 3.05) is 0 Å². The van der Waals surface area contributed by atoms with Crippen LogP contribution >= 0.6 is 0 Å². The molecule has 0 fully saturated rings. The first kappa shape index (κ1) is 22.2. The zero-order chi connectivity index (χ0) is 24.5. The summed E-state index contributed by atoms with van der Waals surface area (Å²) in [6.07, 6.45) is 6.12. The molecule has 0 unspecified atom stereocenters. The number of aromatic nitrogens is 4. The van der Waals surface area contributed by atoms with Gasteiger partial charge in [-0.25, -0.2) is 14.3 Å². The summed E-state index contributed by atoms with van der Waals surface area (Å²) in [7, 11) is 0. The van der Waals surface area contributed by atoms with Gasteiger partial charge in [0, 0.05) is 31.1 Å². The van der Waals surface area contributed by atoms with Gasteiger partial charge in [-0.15, -0.1) is 0 Å². The molecule has 176 valence electrons. The normalized spacial score (nSPS) is 14.5. The number of nitrogens with one attached hydrogen (secondary N) is 2. The van der Waals surface area contributed by atoms with Crippen LogP contribution in [0.3, 0.4) is 0 Å². The molecule has 0 aliphatic heterocycles. The number of aromatic carboxylic acids is 1. The van der Waals surface area contributed by atoms with Crippen molar-refractivity contribution in [1.82, 2.24) is 30.2 Å². The number of carboxylic acids is 1. The second-order valence-corrected chi connectivity index (χ2v) is 8.34. The molecular weight excluding hydrogens is 448 g/mol. The molecule has 1 aliphatic carbocycles. The molecule has 0 spiro atoms. The fraction of sp³-hybridized carbons (Fsp3) is 0.200. The predicted octanol–water partition coefficient (Wildman–Crippen LogP) is 2.48. The van der Waals surface area contributed by atoms with Gasteiger partial charge in [-0.1, -0.05) is 6.07 Å². The van der Waals surface area contributed by atoms with E-state index < -0.39 is 17.8 Å². The first-order valence-electron chi connectivity index (χ1n) is 11.1. The molecule has 35 heavy (non-hydrogen) atoms. The number of benzene rings is 1. The molecule has 0 saturated carbocycles. The number of hydrogen-bond acceptors (Lipinski definition) is 6. The molecule has 10 heteroatoms. The highest BCUT2D eigenvalue weighted by molar-refractivity contribution is 5.98. The van der Waals surface area contributed by atoms with E-state index in [4.69, 9.17) is 0 Å². The summed E-state index contributed by atoms with van der Waals surface area (Å²) in [6, 6.07) is 9.70. The molecule has 2 amide bonds. The number of rotatable bonds is 6. The first-order chi connectivity index (χ1) is 16.9. The number of carbonyl (C=O) groups excluding carboxylic acids is 2. The van der Waals surface area contributed by atoms with Crippen molar-refractivity contribution in [2.24, 2.45) is 0 Å². The van der Waals surface area contributed by atoms with Crippen molar-refractivity contribution in [3.63, 3.8) is 0 Å². The van der Waals surface area contributed by atoms with E-state index in [1.807, 2.05) is 0 Å². The highest BCUT2D eigenvalue weighted by Crippen LogP contribution is 2.34. The minimum atomic E-state index is -0.967. The second-order valence-electron chi connectivity index (χ2n) is 8.34. The molecule has 1 aromatic carbocycles. The van der Waals surface area contributed by atoms with Crippen LogP contribution in [0, 0.1) is 6.92 Å². The molecule has 10 nitrogen and oxygen atoms in total. The van der Waals surface area contributed by atoms with Crippen LogP contribution in [-0.4, -0.2) is 42.5 Å². The standard InChI is InChI=1S/C25H22N6O4/c1-14-16-4-5-19(18(16)3-2-17(14)25(34)35)30-24(33)21-12-20(29-22-8-11-28-31(21)22)23(32)27-13-15-6-9-26-10-7-15/h2-3,6-12,19H,4-5,13H2,1H3,(H,27,32)(H,30,33)(H,34,35)/t19-/m0/s1. The van der Waals surface area contributed by atoms with E-state index in [9.17, 15) is 19.5 Å². The first-order valence-corrected chi connectivity index (χ1v) is 11.1. The summed E-state index contributed by atoms with van der Waals surface area (Å²) >= 11 is 0. The Bertz CT molecular complexity index is 1460. The number of pyridine rings is 1. The maximum Gasteiger partial charge on any atom is 0.335 e. The summed E-state index contributed by atoms with van der Waals surface area (Å²) in [5.74, 6) is -1.78. The Morgan fingerprint density at radius 3 is 2.66 bits per heavy atom. The lowest BCUT2D eigenvalue weighted by Crippen LogP contribution is -2.30. The van der Waals surface area contributed by atoms with E-state index in [0.717, 1.165) is 22.3 Å². The topological polar surface area (TPSA) is 139 Å². The van der Waals surface area contributed by atoms with Crippen LogP contribution in [0.25, 0.3) is 5.65 Å². The largest absolute Gasteiger partial charge is 0.478 e. The zero-order valence-electron chi connectivity index (χ0n) is 18.9. The maximum atomic E-state index is 13.3. The molecule has 0 saturated heterocycles. The minimum Gasteiger partial charge on any atom is -0.478 e. The summed E-state index contributed by atoms with van der Waals surface area (Å²) in [5.41, 5.74) is 4.39. The van der Waals surface area contributed by atoms with Crippen LogP contribution in [0.4, 0.5) is 0 Å². The van der Waals surface area contributed by atoms with Gasteiger partial charge in [0.2, 0.25) is 0 Å². The van der Waals surface area contributed by atoms with Crippen molar-refractivity contribution in [3.8, 4) is 0 Å². The van der Waals surface area contributed by atoms with Crippen LogP contribution in [0.5, 0.6) is 0 Å². The lowest BCUT2D eigenvalue weighted by molar-refractivity contribution is 0.0695. The monoisotopic (exact) mass is 470 g/mol. The third kappa shape index (κ3) is 4.21. The third-order valence-corrected chi connectivity index (χ3v) is 6.26. The van der Waals surface area contributed by atoms with Crippen molar-refractivity contribution in [1.29, 1.82) is 0 Å². The molecular formula is C25H22N6O4. The van der Waals surface area contributed by atoms with Crippen LogP contribution in [0.15, 0.2) is 55.0 Å². The summed E-state index contributed by atoms with van der Waals surface area (Å²) < 4.78 is 1.39. The van der Waals surface area contributed by atoms with Crippen molar-refractivity contribution >= 4 is 23.4 Å². The van der Waals surface area contributed by atoms with Gasteiger partial charge in [0.25, 0.3) is 11.8 Å². The molecule has 5 rings (SSSR count). The van der Waals surface area contributed by atoms with Gasteiger partial charge < -0.3 is 15.7 Å². The highest BCUT2D eigenvalue weighted by Gasteiger charge is 2.28. The fourth-order valence-electron chi connectivity index (χ4n) is 4.46. The highest BCUT2D eigenvalue weighted by atomic mass is 16.4. The molecule has 0 radical (unpaired) electrons. The van der Waals surface area contributed by atoms with Gasteiger partial charge in [0.05, 0.1) is 17.8 Å². The number of nitrogens with zero attached hydrogens (tertiary/aromatic N) is 4. The lowest BCUT2D eigenvalue weighted by atomic mass is 9.98. The predicted molar refractivity (Wildman–Crippen MR) is 125 cm³/mol. The Kier molecular flexibility index (Phi) is 5.69. The van der Waals surface area contributed by atoms with Gasteiger partial charge in [-0.05, 0) is 60.2 Å². The minimum absolute atomic E-state index is 0.103. The molecule has 1 atom stereocenters. The van der Waals surface area contributed by atoms with Gasteiger partial charge in [0.15, 0.2) is 5.65 Å². The van der Waals surface area contributed by atoms with Crippen molar-refractivity contribution in [3.05, 3.63) is 94.2 Å². The molecule has 3 aromatic heterocycles. The van der Waals surface area contributed by atoms with E-state index >= 15 is 0 Å². The molecule has 3 heterocycles. The van der Waals surface area contributed by atoms with Crippen LogP contribution in [0.2, 0.25) is 0 Å². The lowest BCUT2D eigenvalue weighted by Gasteiger charge is -2.16. The molecule has 3 N–H and O–H groups in total. The number of carboxylic acid groups (broad SMARTS) is 1.